The molecule has 0 aliphatic carbocycles. The highest BCUT2D eigenvalue weighted by molar-refractivity contribution is 6.09. The number of methoxy groups -OCH3 is 1. The molecule has 3 aromatic rings. The van der Waals surface area contributed by atoms with Gasteiger partial charge in [0.15, 0.2) is 11.7 Å². The number of allylic oxidation sites excluding steroid dienone is 2. The van der Waals surface area contributed by atoms with E-state index in [0.29, 0.717) is 19.6 Å². The monoisotopic (exact) mass is 407 g/mol. The van der Waals surface area contributed by atoms with Crippen LogP contribution in [0.25, 0.3) is 21.9 Å². The first-order chi connectivity index (χ1) is 14.7. The van der Waals surface area contributed by atoms with Gasteiger partial charge in [-0.15, -0.1) is 0 Å². The van der Waals surface area contributed by atoms with Crippen LogP contribution in [0.1, 0.15) is 19.8 Å². The van der Waals surface area contributed by atoms with Crippen molar-refractivity contribution in [1.82, 2.24) is 19.9 Å². The molecule has 1 aliphatic heterocycles. The number of anilines is 2. The van der Waals surface area contributed by atoms with Crippen LogP contribution in [0.3, 0.4) is 0 Å². The number of ether oxygens (including phenoxy) is 1. The van der Waals surface area contributed by atoms with E-state index in [4.69, 9.17) is 16.2 Å². The van der Waals surface area contributed by atoms with Crippen molar-refractivity contribution in [3.63, 3.8) is 0 Å². The lowest BCUT2D eigenvalue weighted by Crippen LogP contribution is -2.27. The number of unbranched alkanes of at least 4 members (excludes halogenated alkanes) is 1. The fourth-order valence-electron chi connectivity index (χ4n) is 3.91. The Bertz CT molecular complexity index is 1130. The van der Waals surface area contributed by atoms with Crippen LogP contribution in [0, 0.1) is 0 Å². The molecule has 0 amide bonds. The van der Waals surface area contributed by atoms with Gasteiger partial charge in [0.25, 0.3) is 0 Å². The predicted molar refractivity (Wildman–Crippen MR) is 122 cm³/mol. The number of benzene rings is 1. The summed E-state index contributed by atoms with van der Waals surface area (Å²) < 4.78 is 7.83. The maximum absolute atomic E-state index is 6.06. The van der Waals surface area contributed by atoms with Crippen molar-refractivity contribution < 1.29 is 4.74 Å². The van der Waals surface area contributed by atoms with E-state index in [9.17, 15) is 0 Å². The van der Waals surface area contributed by atoms with Crippen LogP contribution >= 0.6 is 0 Å². The number of rotatable bonds is 8. The van der Waals surface area contributed by atoms with Crippen LogP contribution in [0.15, 0.2) is 47.4 Å². The molecule has 30 heavy (non-hydrogen) atoms. The summed E-state index contributed by atoms with van der Waals surface area (Å²) in [5.41, 5.74) is 17.0. The summed E-state index contributed by atoms with van der Waals surface area (Å²) in [5.74, 6) is 1.79. The number of nitrogens with zero attached hydrogens (tertiary/aromatic N) is 3. The highest BCUT2D eigenvalue weighted by Gasteiger charge is 2.20. The molecule has 0 radical (unpaired) electrons. The van der Waals surface area contributed by atoms with Crippen LogP contribution < -0.4 is 22.1 Å². The molecule has 158 valence electrons. The molecule has 0 bridgehead atoms. The molecule has 8 nitrogen and oxygen atoms in total. The lowest BCUT2D eigenvalue weighted by molar-refractivity contribution is 0.256. The smallest absolute Gasteiger partial charge is 0.222 e. The van der Waals surface area contributed by atoms with Gasteiger partial charge in [-0.25, -0.2) is 4.98 Å². The van der Waals surface area contributed by atoms with Gasteiger partial charge in [0, 0.05) is 30.6 Å². The topological polar surface area (TPSA) is 116 Å². The number of para-hydroxylation sites is 1. The number of aromatic nitrogens is 3. The molecule has 8 heteroatoms. The number of fused-ring (bicyclic) bond motifs is 3. The molecule has 0 fully saturated rings. The number of nitrogen functional groups attached to an aromatic ring is 1. The highest BCUT2D eigenvalue weighted by atomic mass is 16.5. The summed E-state index contributed by atoms with van der Waals surface area (Å²) >= 11 is 0. The second-order valence-electron chi connectivity index (χ2n) is 7.43. The molecule has 2 aromatic heterocycles. The Balaban J connectivity index is 1.91. The van der Waals surface area contributed by atoms with E-state index in [1.807, 2.05) is 12.1 Å². The lowest BCUT2D eigenvalue weighted by atomic mass is 10.1. The van der Waals surface area contributed by atoms with Crippen molar-refractivity contribution in [2.75, 3.05) is 37.8 Å². The lowest BCUT2D eigenvalue weighted by Gasteiger charge is -2.21. The molecule has 3 heterocycles. The van der Waals surface area contributed by atoms with E-state index in [1.54, 1.807) is 7.11 Å². The van der Waals surface area contributed by atoms with Gasteiger partial charge in [-0.1, -0.05) is 31.5 Å². The molecule has 1 aliphatic rings. The van der Waals surface area contributed by atoms with E-state index in [0.717, 1.165) is 64.2 Å². The Labute approximate surface area is 176 Å². The maximum atomic E-state index is 6.06. The molecule has 0 spiro atoms. The highest BCUT2D eigenvalue weighted by Crippen LogP contribution is 2.33. The molecule has 1 aromatic carbocycles. The summed E-state index contributed by atoms with van der Waals surface area (Å²) in [5, 5.41) is 7.83. The van der Waals surface area contributed by atoms with Gasteiger partial charge in [0.05, 0.1) is 19.2 Å². The maximum Gasteiger partial charge on any atom is 0.222 e. The third-order valence-electron chi connectivity index (χ3n) is 5.38. The summed E-state index contributed by atoms with van der Waals surface area (Å²) in [4.78, 5) is 9.11. The Hall–Kier alpha value is -3.26. The van der Waals surface area contributed by atoms with Crippen LogP contribution in [0.2, 0.25) is 0 Å². The van der Waals surface area contributed by atoms with Gasteiger partial charge in [-0.05, 0) is 24.1 Å². The van der Waals surface area contributed by atoms with E-state index in [-0.39, 0.29) is 5.95 Å². The first-order valence-electron chi connectivity index (χ1n) is 10.3. The third-order valence-corrected chi connectivity index (χ3v) is 5.38. The van der Waals surface area contributed by atoms with Crippen LogP contribution in [-0.4, -0.2) is 41.3 Å². The number of nitrogens with two attached hydrogens (primary N) is 2. The minimum atomic E-state index is 0.269. The van der Waals surface area contributed by atoms with Gasteiger partial charge in [0.2, 0.25) is 5.95 Å². The molecule has 0 atom stereocenters. The third kappa shape index (κ3) is 3.66. The fourth-order valence-corrected chi connectivity index (χ4v) is 3.91. The van der Waals surface area contributed by atoms with Crippen LogP contribution in [-0.2, 0) is 11.3 Å². The van der Waals surface area contributed by atoms with E-state index >= 15 is 0 Å². The Kier molecular flexibility index (Phi) is 5.76. The van der Waals surface area contributed by atoms with E-state index in [2.05, 4.69) is 50.3 Å². The molecular formula is C22H29N7O. The molecule has 0 saturated carbocycles. The Morgan fingerprint density at radius 2 is 2.10 bits per heavy atom. The Morgan fingerprint density at radius 3 is 2.87 bits per heavy atom. The average Bonchev–Trinajstić information content (AvgIpc) is 3.07. The van der Waals surface area contributed by atoms with Gasteiger partial charge >= 0.3 is 0 Å². The number of nitrogens with one attached hydrogen (secondary N) is 2. The zero-order valence-corrected chi connectivity index (χ0v) is 17.5. The number of dihydropyridines is 1. The van der Waals surface area contributed by atoms with Crippen LogP contribution in [0.4, 0.5) is 11.8 Å². The molecular weight excluding hydrogens is 378 g/mol. The molecule has 4 rings (SSSR count). The summed E-state index contributed by atoms with van der Waals surface area (Å²) in [7, 11) is 1.68. The van der Waals surface area contributed by atoms with Crippen molar-refractivity contribution in [1.29, 1.82) is 0 Å². The van der Waals surface area contributed by atoms with Crippen molar-refractivity contribution in [2.24, 2.45) is 5.73 Å². The molecule has 0 unspecified atom stereocenters. The SMILES string of the molecule is CCCCNc1nc(N)nc2c3ccccc3n(CC3=C(OC)NCC(CN)=C3)c12. The van der Waals surface area contributed by atoms with Crippen molar-refractivity contribution in [2.45, 2.75) is 26.3 Å². The van der Waals surface area contributed by atoms with Crippen molar-refractivity contribution in [3.8, 4) is 0 Å². The summed E-state index contributed by atoms with van der Waals surface area (Å²) in [6.45, 7) is 4.79. The van der Waals surface area contributed by atoms with Gasteiger partial charge in [-0.3, -0.25) is 0 Å². The average molecular weight is 408 g/mol. The van der Waals surface area contributed by atoms with Crippen LogP contribution in [0.5, 0.6) is 0 Å². The number of hydrogen-bond donors (Lipinski definition) is 4. The molecule has 6 N–H and O–H groups in total. The second kappa shape index (κ2) is 8.62. The van der Waals surface area contributed by atoms with Crippen molar-refractivity contribution in [3.05, 3.63) is 47.4 Å². The second-order valence-corrected chi connectivity index (χ2v) is 7.43. The minimum Gasteiger partial charge on any atom is -0.482 e. The minimum absolute atomic E-state index is 0.269. The Morgan fingerprint density at radius 1 is 1.27 bits per heavy atom. The van der Waals surface area contributed by atoms with Gasteiger partial charge in [-0.2, -0.15) is 4.98 Å². The summed E-state index contributed by atoms with van der Waals surface area (Å²) in [6, 6.07) is 8.22. The zero-order valence-electron chi connectivity index (χ0n) is 17.5. The van der Waals surface area contributed by atoms with E-state index in [1.165, 1.54) is 0 Å². The fraction of sp³-hybridized carbons (Fsp3) is 0.364. The van der Waals surface area contributed by atoms with Gasteiger partial charge < -0.3 is 31.4 Å². The van der Waals surface area contributed by atoms with E-state index < -0.39 is 0 Å². The summed E-state index contributed by atoms with van der Waals surface area (Å²) in [6.07, 6.45) is 4.28. The normalized spacial score (nSPS) is 14.2. The van der Waals surface area contributed by atoms with Gasteiger partial charge in [0.1, 0.15) is 11.0 Å². The zero-order chi connectivity index (χ0) is 21.1. The van der Waals surface area contributed by atoms with Crippen molar-refractivity contribution >= 4 is 33.7 Å². The first-order valence-corrected chi connectivity index (χ1v) is 10.3. The largest absolute Gasteiger partial charge is 0.482 e. The quantitative estimate of drug-likeness (QED) is 0.424. The first kappa shape index (κ1) is 20.0. The number of hydrogen-bond acceptors (Lipinski definition) is 7. The predicted octanol–water partition coefficient (Wildman–Crippen LogP) is 2.72. The standard InChI is InChI=1S/C22H29N7O/c1-3-4-9-25-20-19-18(27-22(24)28-20)16-7-5-6-8-17(16)29(19)13-15-10-14(11-23)12-26-21(15)30-2/h5-8,10,26H,3-4,9,11-13,23H2,1-2H3,(H3,24,25,27,28). The molecule has 0 saturated heterocycles.